The molecule has 0 radical (unpaired) electrons. The van der Waals surface area contributed by atoms with Gasteiger partial charge >= 0.3 is 11.9 Å². The number of H-pyrrole nitrogens is 1. The van der Waals surface area contributed by atoms with Gasteiger partial charge in [-0.1, -0.05) is 13.8 Å². The smallest absolute Gasteiger partial charge is 0.306 e. The normalized spacial score (nSPS) is 11.1. The first-order valence-electron chi connectivity index (χ1n) is 4.90. The topological polar surface area (TPSA) is 103 Å². The highest BCUT2D eigenvalue weighted by Gasteiger charge is 2.13. The monoisotopic (exact) mass is 228 g/mol. The molecule has 1 heterocycles. The Bertz CT molecular complexity index is 322. The maximum Gasteiger partial charge on any atom is 0.306 e. The fourth-order valence-electron chi connectivity index (χ4n) is 0.841. The van der Waals surface area contributed by atoms with Crippen molar-refractivity contribution in [1.29, 1.82) is 0 Å². The first-order valence-corrected chi connectivity index (χ1v) is 4.90. The zero-order chi connectivity index (χ0) is 12.6. The Labute approximate surface area is 93.3 Å². The lowest BCUT2D eigenvalue weighted by Crippen LogP contribution is -2.13. The summed E-state index contributed by atoms with van der Waals surface area (Å²) in [6, 6.07) is 0. The van der Waals surface area contributed by atoms with Crippen LogP contribution in [-0.4, -0.2) is 32.1 Å². The largest absolute Gasteiger partial charge is 0.481 e. The maximum atomic E-state index is 9.97. The van der Waals surface area contributed by atoms with E-state index in [4.69, 9.17) is 10.2 Å². The molecular formula is C10H16N2O4. The maximum absolute atomic E-state index is 9.97. The Morgan fingerprint density at radius 1 is 1.50 bits per heavy atom. The number of rotatable bonds is 4. The number of carboxylic acids is 2. The minimum atomic E-state index is -1.08. The Balaban J connectivity index is 0.000000288. The van der Waals surface area contributed by atoms with Gasteiger partial charge in [-0.05, 0) is 0 Å². The molecular weight excluding hydrogens is 212 g/mol. The van der Waals surface area contributed by atoms with E-state index in [0.717, 1.165) is 12.2 Å². The number of aliphatic carboxylic acids is 2. The van der Waals surface area contributed by atoms with Crippen LogP contribution in [0.3, 0.4) is 0 Å². The summed E-state index contributed by atoms with van der Waals surface area (Å²) in [7, 11) is 0. The van der Waals surface area contributed by atoms with E-state index in [0.29, 0.717) is 0 Å². The third-order valence-electron chi connectivity index (χ3n) is 1.79. The number of nitrogens with zero attached hydrogens (tertiary/aromatic N) is 1. The summed E-state index contributed by atoms with van der Waals surface area (Å²) in [4.78, 5) is 26.8. The van der Waals surface area contributed by atoms with E-state index in [1.807, 2.05) is 6.20 Å². The first-order chi connectivity index (χ1) is 7.47. The van der Waals surface area contributed by atoms with E-state index < -0.39 is 17.9 Å². The Hall–Kier alpha value is -1.85. The summed E-state index contributed by atoms with van der Waals surface area (Å²) in [5, 5.41) is 16.2. The third-order valence-corrected chi connectivity index (χ3v) is 1.79. The molecule has 1 aromatic heterocycles. The molecule has 90 valence electrons. The minimum absolute atomic E-state index is 0.310. The van der Waals surface area contributed by atoms with Crippen LogP contribution in [0.5, 0.6) is 0 Å². The summed E-state index contributed by atoms with van der Waals surface area (Å²) < 4.78 is 0. The van der Waals surface area contributed by atoms with Gasteiger partial charge in [0.1, 0.15) is 5.82 Å². The molecule has 1 atom stereocenters. The molecule has 6 heteroatoms. The molecule has 6 nitrogen and oxygen atoms in total. The molecule has 3 N–H and O–H groups in total. The summed E-state index contributed by atoms with van der Waals surface area (Å²) in [6.07, 6.45) is 4.28. The zero-order valence-corrected chi connectivity index (χ0v) is 9.30. The first kappa shape index (κ1) is 14.2. The van der Waals surface area contributed by atoms with Gasteiger partial charge in [-0.3, -0.25) is 9.59 Å². The summed E-state index contributed by atoms with van der Waals surface area (Å²) >= 11 is 0. The van der Waals surface area contributed by atoms with E-state index in [1.54, 1.807) is 6.20 Å². The van der Waals surface area contributed by atoms with Crippen molar-refractivity contribution in [3.63, 3.8) is 0 Å². The van der Waals surface area contributed by atoms with Gasteiger partial charge < -0.3 is 15.2 Å². The SMILES string of the molecule is CC(CC(=O)O)C(=O)O.CCc1ncc[nH]1. The van der Waals surface area contributed by atoms with Crippen LogP contribution in [0.4, 0.5) is 0 Å². The van der Waals surface area contributed by atoms with Crippen molar-refractivity contribution in [3.05, 3.63) is 18.2 Å². The second-order valence-corrected chi connectivity index (χ2v) is 3.23. The predicted molar refractivity (Wildman–Crippen MR) is 57.0 cm³/mol. The molecule has 0 aromatic carbocycles. The molecule has 0 saturated carbocycles. The average molecular weight is 228 g/mol. The molecule has 0 aliphatic rings. The molecule has 0 aliphatic carbocycles. The average Bonchev–Trinajstić information content (AvgIpc) is 2.69. The second-order valence-electron chi connectivity index (χ2n) is 3.23. The lowest BCUT2D eigenvalue weighted by Gasteiger charge is -1.98. The predicted octanol–water partition coefficient (Wildman–Crippen LogP) is 1.15. The van der Waals surface area contributed by atoms with Crippen molar-refractivity contribution in [2.45, 2.75) is 26.7 Å². The van der Waals surface area contributed by atoms with E-state index in [-0.39, 0.29) is 6.42 Å². The van der Waals surface area contributed by atoms with Crippen molar-refractivity contribution in [2.75, 3.05) is 0 Å². The van der Waals surface area contributed by atoms with Crippen LogP contribution in [0.25, 0.3) is 0 Å². The van der Waals surface area contributed by atoms with Gasteiger partial charge in [-0.15, -0.1) is 0 Å². The molecule has 0 aliphatic heterocycles. The number of aryl methyl sites for hydroxylation is 1. The van der Waals surface area contributed by atoms with E-state index >= 15 is 0 Å². The van der Waals surface area contributed by atoms with Crippen molar-refractivity contribution < 1.29 is 19.8 Å². The Morgan fingerprint density at radius 3 is 2.31 bits per heavy atom. The molecule has 0 fully saturated rings. The van der Waals surface area contributed by atoms with Crippen LogP contribution >= 0.6 is 0 Å². The molecule has 0 spiro atoms. The van der Waals surface area contributed by atoms with E-state index in [2.05, 4.69) is 16.9 Å². The van der Waals surface area contributed by atoms with Crippen LogP contribution in [0.1, 0.15) is 26.1 Å². The lowest BCUT2D eigenvalue weighted by atomic mass is 10.1. The highest BCUT2D eigenvalue weighted by atomic mass is 16.4. The molecule has 1 unspecified atom stereocenters. The van der Waals surface area contributed by atoms with Gasteiger partial charge in [0.05, 0.1) is 12.3 Å². The van der Waals surface area contributed by atoms with E-state index in [9.17, 15) is 9.59 Å². The number of aromatic nitrogens is 2. The summed E-state index contributed by atoms with van der Waals surface area (Å²) in [5.41, 5.74) is 0. The minimum Gasteiger partial charge on any atom is -0.481 e. The number of carbonyl (C=O) groups is 2. The van der Waals surface area contributed by atoms with Crippen molar-refractivity contribution in [3.8, 4) is 0 Å². The molecule has 16 heavy (non-hydrogen) atoms. The van der Waals surface area contributed by atoms with Crippen molar-refractivity contribution in [2.24, 2.45) is 5.92 Å². The van der Waals surface area contributed by atoms with Gasteiger partial charge in [0.2, 0.25) is 0 Å². The number of hydrogen-bond acceptors (Lipinski definition) is 3. The van der Waals surface area contributed by atoms with Crippen LogP contribution < -0.4 is 0 Å². The quantitative estimate of drug-likeness (QED) is 0.717. The molecule has 1 rings (SSSR count). The van der Waals surface area contributed by atoms with Crippen molar-refractivity contribution in [1.82, 2.24) is 9.97 Å². The lowest BCUT2D eigenvalue weighted by molar-refractivity contribution is -0.147. The van der Waals surface area contributed by atoms with Gasteiger partial charge in [0, 0.05) is 18.8 Å². The molecule has 0 saturated heterocycles. The number of carboxylic acid groups (broad SMARTS) is 2. The van der Waals surface area contributed by atoms with Gasteiger partial charge in [-0.2, -0.15) is 0 Å². The van der Waals surface area contributed by atoms with E-state index in [1.165, 1.54) is 6.92 Å². The summed E-state index contributed by atoms with van der Waals surface area (Å²) in [6.45, 7) is 3.43. The number of imidazole rings is 1. The van der Waals surface area contributed by atoms with Gasteiger partial charge in [0.15, 0.2) is 0 Å². The standard InChI is InChI=1S/C5H8N2.C5H8O4/c1-2-5-6-3-4-7-5;1-3(5(8)9)2-4(6)7/h3-4H,2H2,1H3,(H,6,7);3H,2H2,1H3,(H,6,7)(H,8,9). The fraction of sp³-hybridized carbons (Fsp3) is 0.500. The fourth-order valence-corrected chi connectivity index (χ4v) is 0.841. The third kappa shape index (κ3) is 6.58. The van der Waals surface area contributed by atoms with Crippen molar-refractivity contribution >= 4 is 11.9 Å². The van der Waals surface area contributed by atoms with Crippen LogP contribution in [0.2, 0.25) is 0 Å². The molecule has 1 aromatic rings. The second kappa shape index (κ2) is 7.44. The highest BCUT2D eigenvalue weighted by Crippen LogP contribution is 1.99. The zero-order valence-electron chi connectivity index (χ0n) is 9.30. The highest BCUT2D eigenvalue weighted by molar-refractivity contribution is 5.77. The molecule has 0 amide bonds. The van der Waals surface area contributed by atoms with Crippen LogP contribution in [-0.2, 0) is 16.0 Å². The molecule has 0 bridgehead atoms. The Kier molecular flexibility index (Phi) is 6.58. The van der Waals surface area contributed by atoms with Crippen LogP contribution in [0, 0.1) is 5.92 Å². The number of aromatic amines is 1. The van der Waals surface area contributed by atoms with Gasteiger partial charge in [0.25, 0.3) is 0 Å². The number of nitrogens with one attached hydrogen (secondary N) is 1. The van der Waals surface area contributed by atoms with Gasteiger partial charge in [-0.25, -0.2) is 4.98 Å². The summed E-state index contributed by atoms with van der Waals surface area (Å²) in [5.74, 6) is -1.88. The van der Waals surface area contributed by atoms with Crippen LogP contribution in [0.15, 0.2) is 12.4 Å². The Morgan fingerprint density at radius 2 is 2.12 bits per heavy atom. The number of hydrogen-bond donors (Lipinski definition) is 3.